The van der Waals surface area contributed by atoms with Crippen molar-refractivity contribution in [3.05, 3.63) is 71.5 Å². The van der Waals surface area contributed by atoms with Gasteiger partial charge in [-0.05, 0) is 82.5 Å². The molecule has 1 saturated carbocycles. The van der Waals surface area contributed by atoms with Gasteiger partial charge in [0.1, 0.15) is 11.3 Å². The molecule has 38 heavy (non-hydrogen) atoms. The van der Waals surface area contributed by atoms with E-state index in [1.165, 1.54) is 7.11 Å². The van der Waals surface area contributed by atoms with Gasteiger partial charge >= 0.3 is 5.97 Å². The van der Waals surface area contributed by atoms with Gasteiger partial charge in [0.2, 0.25) is 0 Å². The third kappa shape index (κ3) is 2.59. The van der Waals surface area contributed by atoms with Gasteiger partial charge in [-0.1, -0.05) is 35.9 Å². The Hall–Kier alpha value is -2.84. The van der Waals surface area contributed by atoms with Crippen molar-refractivity contribution in [1.82, 2.24) is 4.90 Å². The summed E-state index contributed by atoms with van der Waals surface area (Å²) < 4.78 is 43.0. The average molecular weight is 535 g/mol. The van der Waals surface area contributed by atoms with Crippen LogP contribution in [0.4, 0.5) is 5.69 Å². The smallest absolute Gasteiger partial charge is 0.311 e. The van der Waals surface area contributed by atoms with Crippen molar-refractivity contribution in [2.45, 2.75) is 61.4 Å². The second-order valence-corrected chi connectivity index (χ2v) is 13.4. The number of para-hydroxylation sites is 1. The van der Waals surface area contributed by atoms with Crippen molar-refractivity contribution in [1.29, 1.82) is 0 Å². The highest BCUT2D eigenvalue weighted by Crippen LogP contribution is 2.76. The molecular formula is C30H34N2O5S. The Kier molecular flexibility index (Phi) is 5.00. The summed E-state index contributed by atoms with van der Waals surface area (Å²) in [6, 6.07) is 15.0. The molecule has 3 fully saturated rings. The van der Waals surface area contributed by atoms with Crippen molar-refractivity contribution in [3.8, 4) is 0 Å². The molecule has 0 N–H and O–H groups in total. The largest absolute Gasteiger partial charge is 0.498 e. The van der Waals surface area contributed by atoms with E-state index in [9.17, 15) is 13.2 Å². The number of benzene rings is 2. The van der Waals surface area contributed by atoms with Gasteiger partial charge < -0.3 is 9.47 Å². The second kappa shape index (κ2) is 7.85. The van der Waals surface area contributed by atoms with E-state index in [1.54, 1.807) is 16.4 Å². The van der Waals surface area contributed by atoms with Gasteiger partial charge in [-0.2, -0.15) is 0 Å². The number of methoxy groups -OCH3 is 1. The molecule has 1 unspecified atom stereocenters. The van der Waals surface area contributed by atoms with E-state index in [-0.39, 0.29) is 22.3 Å². The summed E-state index contributed by atoms with van der Waals surface area (Å²) in [4.78, 5) is 16.6. The molecule has 8 rings (SSSR count). The molecule has 3 heterocycles. The molecule has 200 valence electrons. The van der Waals surface area contributed by atoms with E-state index in [1.807, 2.05) is 44.2 Å². The molecule has 7 nitrogen and oxygen atoms in total. The normalized spacial score (nSPS) is 34.8. The Bertz CT molecular complexity index is 1470. The minimum absolute atomic E-state index is 0.0515. The lowest BCUT2D eigenvalue weighted by molar-refractivity contribution is -0.161. The zero-order valence-electron chi connectivity index (χ0n) is 22.1. The van der Waals surface area contributed by atoms with Gasteiger partial charge in [0.05, 0.1) is 30.2 Å². The number of ether oxygens (including phenoxy) is 2. The Morgan fingerprint density at radius 3 is 2.58 bits per heavy atom. The van der Waals surface area contributed by atoms with E-state index in [4.69, 9.17) is 9.47 Å². The molecule has 2 aromatic carbocycles. The van der Waals surface area contributed by atoms with Crippen LogP contribution in [0.2, 0.25) is 0 Å². The first-order valence-electron chi connectivity index (χ1n) is 13.7. The summed E-state index contributed by atoms with van der Waals surface area (Å²) in [5.74, 6) is -0.155. The summed E-state index contributed by atoms with van der Waals surface area (Å²) in [5, 5.41) is 0. The fourth-order valence-electron chi connectivity index (χ4n) is 9.09. The van der Waals surface area contributed by atoms with Gasteiger partial charge in [-0.3, -0.25) is 14.0 Å². The summed E-state index contributed by atoms with van der Waals surface area (Å²) in [6.45, 7) is 6.24. The van der Waals surface area contributed by atoms with Gasteiger partial charge in [0, 0.05) is 16.9 Å². The second-order valence-electron chi connectivity index (χ2n) is 11.6. The van der Waals surface area contributed by atoms with E-state index < -0.39 is 26.9 Å². The molecule has 0 amide bonds. The minimum Gasteiger partial charge on any atom is -0.498 e. The molecule has 3 spiro atoms. The molecule has 2 saturated heterocycles. The highest BCUT2D eigenvalue weighted by Gasteiger charge is 2.83. The minimum atomic E-state index is -4.06. The quantitative estimate of drug-likeness (QED) is 0.537. The van der Waals surface area contributed by atoms with Crippen molar-refractivity contribution < 1.29 is 22.7 Å². The van der Waals surface area contributed by atoms with E-state index >= 15 is 0 Å². The van der Waals surface area contributed by atoms with Crippen LogP contribution in [0.3, 0.4) is 0 Å². The highest BCUT2D eigenvalue weighted by atomic mass is 32.2. The van der Waals surface area contributed by atoms with Crippen LogP contribution in [-0.4, -0.2) is 57.7 Å². The van der Waals surface area contributed by atoms with Gasteiger partial charge in [-0.15, -0.1) is 0 Å². The maximum atomic E-state index is 14.8. The lowest BCUT2D eigenvalue weighted by Gasteiger charge is -2.67. The number of rotatable bonds is 5. The van der Waals surface area contributed by atoms with Crippen molar-refractivity contribution >= 4 is 21.7 Å². The molecule has 3 aliphatic carbocycles. The number of esters is 1. The lowest BCUT2D eigenvalue weighted by atomic mass is 9.41. The van der Waals surface area contributed by atoms with Crippen molar-refractivity contribution in [2.24, 2.45) is 11.3 Å². The summed E-state index contributed by atoms with van der Waals surface area (Å²) >= 11 is 0. The predicted octanol–water partition coefficient (Wildman–Crippen LogP) is 4.16. The van der Waals surface area contributed by atoms with Crippen LogP contribution in [0.1, 0.15) is 43.7 Å². The van der Waals surface area contributed by atoms with Crippen LogP contribution in [0.15, 0.2) is 65.3 Å². The third-order valence-corrected chi connectivity index (χ3v) is 12.0. The molecule has 5 atom stereocenters. The van der Waals surface area contributed by atoms with E-state index in [0.717, 1.165) is 49.2 Å². The molecule has 8 heteroatoms. The zero-order valence-corrected chi connectivity index (χ0v) is 23.0. The van der Waals surface area contributed by atoms with Gasteiger partial charge in [0.15, 0.2) is 0 Å². The third-order valence-electron chi connectivity index (χ3n) is 10.2. The van der Waals surface area contributed by atoms with E-state index in [0.29, 0.717) is 18.7 Å². The maximum Gasteiger partial charge on any atom is 0.311 e. The molecule has 6 aliphatic rings. The molecule has 2 bridgehead atoms. The predicted molar refractivity (Wildman–Crippen MR) is 143 cm³/mol. The van der Waals surface area contributed by atoms with Gasteiger partial charge in [-0.25, -0.2) is 8.42 Å². The highest BCUT2D eigenvalue weighted by molar-refractivity contribution is 7.93. The maximum absolute atomic E-state index is 14.8. The number of anilines is 1. The Balaban J connectivity index is 1.61. The number of carbonyl (C=O) groups excluding carboxylic acids is 1. The fraction of sp³-hybridized carbons (Fsp3) is 0.500. The van der Waals surface area contributed by atoms with Crippen molar-refractivity contribution in [3.63, 3.8) is 0 Å². The molecule has 0 radical (unpaired) electrons. The molecule has 2 aromatic rings. The number of carbonyl (C=O) groups is 1. The van der Waals surface area contributed by atoms with Crippen LogP contribution in [0.25, 0.3) is 0 Å². The lowest BCUT2D eigenvalue weighted by Crippen LogP contribution is -2.78. The SMILES string of the molecule is CCOC1=C[C@]23C(C(=O)OC)C[C@]14CCCN1CC[C@@]2(c2ccccc2N3S(=O)(=O)c2ccc(C)cc2)[C@@H]14. The Morgan fingerprint density at radius 2 is 1.84 bits per heavy atom. The first-order valence-corrected chi connectivity index (χ1v) is 15.1. The number of fused-ring (bicyclic) bond motifs is 2. The molecular weight excluding hydrogens is 500 g/mol. The number of nitrogens with zero attached hydrogens (tertiary/aromatic N) is 2. The average Bonchev–Trinajstić information content (AvgIpc) is 3.44. The van der Waals surface area contributed by atoms with E-state index in [2.05, 4.69) is 17.0 Å². The van der Waals surface area contributed by atoms with Crippen LogP contribution in [0, 0.1) is 18.3 Å². The van der Waals surface area contributed by atoms with Crippen LogP contribution in [0.5, 0.6) is 0 Å². The van der Waals surface area contributed by atoms with Crippen LogP contribution < -0.4 is 4.31 Å². The van der Waals surface area contributed by atoms with Crippen LogP contribution >= 0.6 is 0 Å². The number of piperidine rings is 1. The van der Waals surface area contributed by atoms with Gasteiger partial charge in [0.25, 0.3) is 10.0 Å². The molecule has 3 aliphatic heterocycles. The molecule has 0 aromatic heterocycles. The first kappa shape index (κ1) is 24.2. The number of aryl methyl sites for hydroxylation is 1. The standard InChI is InChI=1S/C30H34N2O5S/c1-4-37-25-19-30-23(26(33)36-3)18-28(25)14-7-16-31-17-15-29(30,27(28)31)22-8-5-6-9-24(22)32(30)38(34,35)21-12-10-20(2)11-13-21/h5-6,8-13,19,23,27H,4,7,14-18H2,1-3H3/t23?,27-,28+,29+,30-/m0/s1. The Morgan fingerprint density at radius 1 is 1.08 bits per heavy atom. The first-order chi connectivity index (χ1) is 18.3. The topological polar surface area (TPSA) is 76.2 Å². The number of hydrogen-bond donors (Lipinski definition) is 0. The monoisotopic (exact) mass is 534 g/mol. The zero-order chi connectivity index (χ0) is 26.5. The Labute approximate surface area is 224 Å². The summed E-state index contributed by atoms with van der Waals surface area (Å²) in [5.41, 5.74) is 0.562. The number of hydrogen-bond acceptors (Lipinski definition) is 6. The van der Waals surface area contributed by atoms with Crippen molar-refractivity contribution in [2.75, 3.05) is 31.1 Å². The summed E-state index contributed by atoms with van der Waals surface area (Å²) in [6.07, 6.45) is 5.28. The van der Waals surface area contributed by atoms with Crippen LogP contribution in [-0.2, 0) is 29.7 Å². The summed E-state index contributed by atoms with van der Waals surface area (Å²) in [7, 11) is -2.65. The fourth-order valence-corrected chi connectivity index (χ4v) is 10.9. The number of sulfonamides is 1.